The maximum absolute atomic E-state index is 4.87. The van der Waals surface area contributed by atoms with Gasteiger partial charge in [0.1, 0.15) is 6.54 Å². The third kappa shape index (κ3) is 3.97. The van der Waals surface area contributed by atoms with Crippen LogP contribution in [-0.4, -0.2) is 45.1 Å². The number of hydrogen-bond donors (Lipinski definition) is 1. The van der Waals surface area contributed by atoms with E-state index in [1.54, 1.807) is 0 Å². The van der Waals surface area contributed by atoms with Gasteiger partial charge < -0.3 is 10.2 Å². The van der Waals surface area contributed by atoms with Crippen LogP contribution in [0.4, 0.5) is 0 Å². The van der Waals surface area contributed by atoms with Crippen molar-refractivity contribution in [2.75, 3.05) is 19.6 Å². The minimum atomic E-state index is 0. The number of nitrogens with zero attached hydrogens (tertiary/aromatic N) is 5. The quantitative estimate of drug-likeness (QED) is 0.426. The summed E-state index contributed by atoms with van der Waals surface area (Å²) in [4.78, 5) is 7.33. The molecule has 2 fully saturated rings. The Labute approximate surface area is 172 Å². The molecule has 2 aromatic heterocycles. The molecule has 0 radical (unpaired) electrons. The Hall–Kier alpha value is -1.38. The fraction of sp³-hybridized carbons (Fsp3) is 0.632. The van der Waals surface area contributed by atoms with E-state index in [9.17, 15) is 0 Å². The van der Waals surface area contributed by atoms with E-state index < -0.39 is 0 Å². The minimum absolute atomic E-state index is 0. The molecule has 1 aliphatic heterocycles. The summed E-state index contributed by atoms with van der Waals surface area (Å²) < 4.78 is 2.01. The summed E-state index contributed by atoms with van der Waals surface area (Å²) >= 11 is 0. The second-order valence-corrected chi connectivity index (χ2v) is 7.45. The van der Waals surface area contributed by atoms with Crippen LogP contribution < -0.4 is 5.32 Å². The number of halogens is 1. The molecule has 2 aliphatic rings. The van der Waals surface area contributed by atoms with Gasteiger partial charge >= 0.3 is 0 Å². The molecule has 0 amide bonds. The molecule has 0 aromatic carbocycles. The molecule has 0 unspecified atom stereocenters. The molecule has 1 N–H and O–H groups in total. The number of aliphatic imine (C=N–C) groups is 1. The van der Waals surface area contributed by atoms with Crippen molar-refractivity contribution in [3.63, 3.8) is 0 Å². The predicted octanol–water partition coefficient (Wildman–Crippen LogP) is 3.47. The van der Waals surface area contributed by atoms with Gasteiger partial charge in [-0.15, -0.1) is 34.2 Å². The molecule has 1 saturated heterocycles. The Morgan fingerprint density at radius 2 is 2.04 bits per heavy atom. The van der Waals surface area contributed by atoms with Gasteiger partial charge in [-0.1, -0.05) is 25.3 Å². The highest BCUT2D eigenvalue weighted by molar-refractivity contribution is 14.0. The third-order valence-electron chi connectivity index (χ3n) is 5.74. The zero-order valence-electron chi connectivity index (χ0n) is 15.5. The highest BCUT2D eigenvalue weighted by atomic mass is 127. The Balaban J connectivity index is 0.00000196. The molecule has 7 heteroatoms. The first-order valence-corrected chi connectivity index (χ1v) is 9.62. The monoisotopic (exact) mass is 468 g/mol. The number of rotatable bonds is 3. The van der Waals surface area contributed by atoms with Crippen LogP contribution in [0.1, 0.15) is 51.3 Å². The predicted molar refractivity (Wildman–Crippen MR) is 115 cm³/mol. The van der Waals surface area contributed by atoms with Crippen LogP contribution in [0, 0.1) is 5.41 Å². The summed E-state index contributed by atoms with van der Waals surface area (Å²) in [6, 6.07) is 5.95. The molecular weight excluding hydrogens is 439 g/mol. The van der Waals surface area contributed by atoms with Crippen molar-refractivity contribution in [2.24, 2.45) is 10.4 Å². The van der Waals surface area contributed by atoms with E-state index in [1.165, 1.54) is 38.5 Å². The third-order valence-corrected chi connectivity index (χ3v) is 5.74. The average Bonchev–Trinajstić information content (AvgIpc) is 3.24. The molecule has 6 nitrogen and oxygen atoms in total. The number of likely N-dealkylation sites (tertiary alicyclic amines) is 1. The number of guanidine groups is 1. The summed E-state index contributed by atoms with van der Waals surface area (Å²) in [6.45, 7) is 5.85. The first-order valence-electron chi connectivity index (χ1n) is 9.62. The fourth-order valence-corrected chi connectivity index (χ4v) is 4.40. The van der Waals surface area contributed by atoms with Crippen LogP contribution >= 0.6 is 24.0 Å². The molecular formula is C19H29IN6. The number of aromatic nitrogens is 3. The number of pyridine rings is 1. The summed E-state index contributed by atoms with van der Waals surface area (Å²) in [5, 5.41) is 12.0. The van der Waals surface area contributed by atoms with Gasteiger partial charge in [0.15, 0.2) is 17.4 Å². The van der Waals surface area contributed by atoms with Gasteiger partial charge in [-0.3, -0.25) is 4.40 Å². The van der Waals surface area contributed by atoms with E-state index in [0.29, 0.717) is 12.0 Å². The van der Waals surface area contributed by atoms with Crippen LogP contribution in [-0.2, 0) is 6.54 Å². The van der Waals surface area contributed by atoms with Crippen LogP contribution in [0.15, 0.2) is 29.4 Å². The summed E-state index contributed by atoms with van der Waals surface area (Å²) in [5.41, 5.74) is 1.41. The van der Waals surface area contributed by atoms with Crippen LogP contribution in [0.2, 0.25) is 0 Å². The van der Waals surface area contributed by atoms with E-state index in [4.69, 9.17) is 4.99 Å². The lowest BCUT2D eigenvalue weighted by atomic mass is 9.73. The molecule has 4 rings (SSSR count). The molecule has 1 saturated carbocycles. The van der Waals surface area contributed by atoms with Crippen molar-refractivity contribution in [2.45, 2.75) is 52.0 Å². The maximum atomic E-state index is 4.87. The molecule has 0 atom stereocenters. The molecule has 2 aromatic rings. The summed E-state index contributed by atoms with van der Waals surface area (Å²) in [6.07, 6.45) is 10.3. The second kappa shape index (κ2) is 8.54. The Kier molecular flexibility index (Phi) is 6.37. The summed E-state index contributed by atoms with van der Waals surface area (Å²) in [7, 11) is 0. The van der Waals surface area contributed by atoms with Crippen molar-refractivity contribution in [3.8, 4) is 0 Å². The second-order valence-electron chi connectivity index (χ2n) is 7.45. The highest BCUT2D eigenvalue weighted by Gasteiger charge is 2.39. The van der Waals surface area contributed by atoms with Crippen molar-refractivity contribution in [1.29, 1.82) is 0 Å². The van der Waals surface area contributed by atoms with Gasteiger partial charge in [-0.2, -0.15) is 0 Å². The molecule has 1 aliphatic carbocycles. The Morgan fingerprint density at radius 1 is 1.19 bits per heavy atom. The molecule has 142 valence electrons. The number of hydrogen-bond acceptors (Lipinski definition) is 3. The minimum Gasteiger partial charge on any atom is -0.357 e. The van der Waals surface area contributed by atoms with Crippen molar-refractivity contribution in [3.05, 3.63) is 30.2 Å². The first kappa shape index (κ1) is 19.4. The van der Waals surface area contributed by atoms with E-state index in [0.717, 1.165) is 37.1 Å². The smallest absolute Gasteiger partial charge is 0.194 e. The Morgan fingerprint density at radius 3 is 2.85 bits per heavy atom. The summed E-state index contributed by atoms with van der Waals surface area (Å²) in [5.74, 6) is 1.91. The van der Waals surface area contributed by atoms with Gasteiger partial charge in [0.2, 0.25) is 0 Å². The van der Waals surface area contributed by atoms with E-state index in [2.05, 4.69) is 27.3 Å². The van der Waals surface area contributed by atoms with Gasteiger partial charge in [0, 0.05) is 25.8 Å². The molecule has 26 heavy (non-hydrogen) atoms. The van der Waals surface area contributed by atoms with Crippen molar-refractivity contribution < 1.29 is 0 Å². The number of fused-ring (bicyclic) bond motifs is 1. The zero-order chi connectivity index (χ0) is 17.1. The fourth-order valence-electron chi connectivity index (χ4n) is 4.40. The lowest BCUT2D eigenvalue weighted by molar-refractivity contribution is 0.203. The highest BCUT2D eigenvalue weighted by Crippen LogP contribution is 2.43. The van der Waals surface area contributed by atoms with Gasteiger partial charge in [0.25, 0.3) is 0 Å². The molecule has 0 bridgehead atoms. The van der Waals surface area contributed by atoms with Gasteiger partial charge in [0.05, 0.1) is 0 Å². The molecule has 3 heterocycles. The van der Waals surface area contributed by atoms with Crippen LogP contribution in [0.3, 0.4) is 0 Å². The largest absolute Gasteiger partial charge is 0.357 e. The number of nitrogens with one attached hydrogen (secondary N) is 1. The van der Waals surface area contributed by atoms with Crippen molar-refractivity contribution in [1.82, 2.24) is 24.8 Å². The van der Waals surface area contributed by atoms with E-state index in [1.807, 2.05) is 28.8 Å². The average molecular weight is 468 g/mol. The lowest BCUT2D eigenvalue weighted by Gasteiger charge is -2.33. The SMILES string of the molecule is CCNC(=NCc1nnc2ccccn12)N1CCC2(CCCCC2)C1.I. The lowest BCUT2D eigenvalue weighted by Crippen LogP contribution is -2.41. The van der Waals surface area contributed by atoms with Crippen LogP contribution in [0.5, 0.6) is 0 Å². The van der Waals surface area contributed by atoms with E-state index in [-0.39, 0.29) is 24.0 Å². The van der Waals surface area contributed by atoms with Gasteiger partial charge in [-0.25, -0.2) is 4.99 Å². The van der Waals surface area contributed by atoms with Crippen molar-refractivity contribution >= 4 is 35.6 Å². The Bertz CT molecular complexity index is 749. The standard InChI is InChI=1S/C19H28N6.HI/c1-2-20-18(24-13-11-19(15-24)9-5-3-6-10-19)21-14-17-23-22-16-8-4-7-12-25(16)17;/h4,7-8,12H,2-3,5-6,9-11,13-15H2,1H3,(H,20,21);1H. The van der Waals surface area contributed by atoms with Crippen LogP contribution in [0.25, 0.3) is 5.65 Å². The van der Waals surface area contributed by atoms with Gasteiger partial charge in [-0.05, 0) is 43.7 Å². The first-order chi connectivity index (χ1) is 12.3. The maximum Gasteiger partial charge on any atom is 0.194 e. The molecule has 1 spiro atoms. The normalized spacial score (nSPS) is 19.7. The zero-order valence-corrected chi connectivity index (χ0v) is 17.9. The topological polar surface area (TPSA) is 57.8 Å². The van der Waals surface area contributed by atoms with E-state index >= 15 is 0 Å².